The number of carboxylic acid groups (broad SMARTS) is 1. The number of Topliss-reactive ketones (excluding diaryl/α,β-unsaturated/α-hetero) is 1. The summed E-state index contributed by atoms with van der Waals surface area (Å²) in [4.78, 5) is 22.8. The minimum Gasteiger partial charge on any atom is -0.545 e. The van der Waals surface area contributed by atoms with Crippen molar-refractivity contribution in [1.29, 1.82) is 0 Å². The number of aromatic carboxylic acids is 1. The molecule has 0 bridgehead atoms. The number of unbranched alkanes of at least 4 members (excludes halogenated alkanes) is 6. The average Bonchev–Trinajstić information content (AvgIpc) is 2.60. The monoisotopic (exact) mass is 395 g/mol. The van der Waals surface area contributed by atoms with Crippen LogP contribution in [-0.2, 0) is 0 Å². The molecular weight excluding hydrogens is 358 g/mol. The van der Waals surface area contributed by atoms with Crippen molar-refractivity contribution in [2.24, 2.45) is 0 Å². The summed E-state index contributed by atoms with van der Waals surface area (Å²) in [6.07, 6.45) is 8.30. The van der Waals surface area contributed by atoms with Gasteiger partial charge in [-0.15, -0.1) is 0 Å². The van der Waals surface area contributed by atoms with Gasteiger partial charge in [-0.25, -0.2) is 0 Å². The lowest BCUT2D eigenvalue weighted by Crippen LogP contribution is -2.36. The summed E-state index contributed by atoms with van der Waals surface area (Å²) in [6.45, 7) is 3.29. The summed E-state index contributed by atoms with van der Waals surface area (Å²) in [5, 5.41) is 28.6. The summed E-state index contributed by atoms with van der Waals surface area (Å²) in [5.41, 5.74) is -0.0154. The van der Waals surface area contributed by atoms with Crippen molar-refractivity contribution in [2.75, 3.05) is 34.3 Å². The molecule has 0 aliphatic heterocycles. The Bertz CT molecular complexity index is 593. The maximum absolute atomic E-state index is 12.0. The molecule has 28 heavy (non-hydrogen) atoms. The van der Waals surface area contributed by atoms with Gasteiger partial charge in [0.1, 0.15) is 12.3 Å². The lowest BCUT2D eigenvalue weighted by molar-refractivity contribution is -0.870. The molecule has 0 heterocycles. The molecule has 0 saturated heterocycles. The zero-order valence-corrected chi connectivity index (χ0v) is 17.9. The van der Waals surface area contributed by atoms with Gasteiger partial charge in [0.15, 0.2) is 5.78 Å². The molecule has 0 atom stereocenters. The highest BCUT2D eigenvalue weighted by molar-refractivity contribution is 5.99. The molecule has 0 fully saturated rings. The summed E-state index contributed by atoms with van der Waals surface area (Å²) in [6, 6.07) is 3.86. The van der Waals surface area contributed by atoms with Gasteiger partial charge in [-0.1, -0.05) is 45.4 Å². The Morgan fingerprint density at radius 1 is 1.00 bits per heavy atom. The first-order chi connectivity index (χ1) is 13.1. The average molecular weight is 396 g/mol. The van der Waals surface area contributed by atoms with Crippen molar-refractivity contribution in [1.82, 2.24) is 0 Å². The van der Waals surface area contributed by atoms with Crippen LogP contribution in [-0.4, -0.2) is 60.7 Å². The highest BCUT2D eigenvalue weighted by Gasteiger charge is 2.10. The normalized spacial score (nSPS) is 10.9. The van der Waals surface area contributed by atoms with Gasteiger partial charge in [-0.3, -0.25) is 4.79 Å². The summed E-state index contributed by atoms with van der Waals surface area (Å²) < 4.78 is 0.844. The first-order valence-electron chi connectivity index (χ1n) is 10.1. The van der Waals surface area contributed by atoms with Crippen molar-refractivity contribution in [3.63, 3.8) is 0 Å². The van der Waals surface area contributed by atoms with E-state index in [1.165, 1.54) is 43.9 Å². The van der Waals surface area contributed by atoms with Gasteiger partial charge < -0.3 is 24.6 Å². The highest BCUT2D eigenvalue weighted by Crippen LogP contribution is 2.19. The van der Waals surface area contributed by atoms with E-state index in [1.807, 2.05) is 0 Å². The number of ketones is 1. The van der Waals surface area contributed by atoms with Crippen LogP contribution >= 0.6 is 0 Å². The summed E-state index contributed by atoms with van der Waals surface area (Å²) >= 11 is 0. The number of quaternary nitrogens is 1. The standard InChI is InChI=1S/C17H24O4.C5H14NO/c1-2-3-4-5-6-7-8-9-15(18)13-10-11-16(19)14(12-13)17(20)21;1-6(2,3)4-5-7/h10-12,19H,2-9H2,1H3,(H,20,21);7H,4-5H2,1-3H3/q;+1/p-1. The van der Waals surface area contributed by atoms with E-state index < -0.39 is 5.97 Å². The van der Waals surface area contributed by atoms with Gasteiger partial charge >= 0.3 is 0 Å². The van der Waals surface area contributed by atoms with Crippen LogP contribution in [0.3, 0.4) is 0 Å². The van der Waals surface area contributed by atoms with E-state index in [2.05, 4.69) is 28.1 Å². The first-order valence-corrected chi connectivity index (χ1v) is 10.1. The predicted octanol–water partition coefficient (Wildman–Crippen LogP) is 2.76. The van der Waals surface area contributed by atoms with Crippen LogP contribution in [0.15, 0.2) is 18.2 Å². The molecule has 6 nitrogen and oxygen atoms in total. The summed E-state index contributed by atoms with van der Waals surface area (Å²) in [7, 11) is 6.16. The minimum atomic E-state index is -1.47. The molecule has 0 radical (unpaired) electrons. The molecule has 0 saturated carbocycles. The van der Waals surface area contributed by atoms with Crippen molar-refractivity contribution < 1.29 is 29.4 Å². The Balaban J connectivity index is 0.000000887. The zero-order chi connectivity index (χ0) is 21.6. The Hall–Kier alpha value is -1.92. The number of carbonyl (C=O) groups is 2. The second-order valence-corrected chi connectivity index (χ2v) is 8.05. The van der Waals surface area contributed by atoms with Crippen LogP contribution in [0, 0.1) is 0 Å². The molecule has 1 aromatic rings. The van der Waals surface area contributed by atoms with Gasteiger partial charge in [-0.2, -0.15) is 0 Å². The molecular formula is C22H37NO5. The first kappa shape index (κ1) is 26.1. The number of aromatic hydroxyl groups is 1. The number of carboxylic acids is 1. The fraction of sp³-hybridized carbons (Fsp3) is 0.636. The number of aliphatic hydroxyl groups is 1. The van der Waals surface area contributed by atoms with Gasteiger partial charge in [0.05, 0.1) is 33.7 Å². The number of carbonyl (C=O) groups excluding carboxylic acids is 2. The lowest BCUT2D eigenvalue weighted by Gasteiger charge is -2.21. The second kappa shape index (κ2) is 14.1. The van der Waals surface area contributed by atoms with Gasteiger partial charge in [-0.05, 0) is 24.6 Å². The number of benzene rings is 1. The fourth-order valence-electron chi connectivity index (χ4n) is 2.56. The van der Waals surface area contributed by atoms with Crippen molar-refractivity contribution in [3.8, 4) is 5.75 Å². The summed E-state index contributed by atoms with van der Waals surface area (Å²) in [5.74, 6) is -1.94. The third-order valence-electron chi connectivity index (χ3n) is 4.32. The topological polar surface area (TPSA) is 97.7 Å². The number of aliphatic hydroxyl groups excluding tert-OH is 1. The van der Waals surface area contributed by atoms with Gasteiger partial charge in [0.25, 0.3) is 0 Å². The maximum Gasteiger partial charge on any atom is 0.162 e. The van der Waals surface area contributed by atoms with E-state index in [0.29, 0.717) is 12.0 Å². The van der Waals surface area contributed by atoms with Gasteiger partial charge in [0.2, 0.25) is 0 Å². The second-order valence-electron chi connectivity index (χ2n) is 8.05. The van der Waals surface area contributed by atoms with E-state index in [9.17, 15) is 19.8 Å². The number of rotatable bonds is 12. The van der Waals surface area contributed by atoms with E-state index in [0.717, 1.165) is 30.3 Å². The van der Waals surface area contributed by atoms with Crippen LogP contribution in [0.25, 0.3) is 0 Å². The van der Waals surface area contributed by atoms with Crippen molar-refractivity contribution >= 4 is 11.8 Å². The third kappa shape index (κ3) is 12.5. The largest absolute Gasteiger partial charge is 0.545 e. The fourth-order valence-corrected chi connectivity index (χ4v) is 2.56. The zero-order valence-electron chi connectivity index (χ0n) is 17.9. The lowest BCUT2D eigenvalue weighted by atomic mass is 10.0. The molecule has 1 rings (SSSR count). The van der Waals surface area contributed by atoms with E-state index >= 15 is 0 Å². The van der Waals surface area contributed by atoms with Crippen molar-refractivity contribution in [3.05, 3.63) is 29.3 Å². The predicted molar refractivity (Wildman–Crippen MR) is 109 cm³/mol. The van der Waals surface area contributed by atoms with E-state index in [-0.39, 0.29) is 23.7 Å². The SMILES string of the molecule is CCCCCCCCCC(=O)c1ccc(O)c(C(=O)[O-])c1.C[N+](C)(C)CCO. The molecule has 0 aromatic heterocycles. The molecule has 0 unspecified atom stereocenters. The molecule has 2 N–H and O–H groups in total. The quantitative estimate of drug-likeness (QED) is 0.322. The van der Waals surface area contributed by atoms with Crippen LogP contribution in [0.4, 0.5) is 0 Å². The Morgan fingerprint density at radius 2 is 1.57 bits per heavy atom. The highest BCUT2D eigenvalue weighted by atomic mass is 16.4. The van der Waals surface area contributed by atoms with Crippen LogP contribution < -0.4 is 5.11 Å². The van der Waals surface area contributed by atoms with Crippen LogP contribution in [0.2, 0.25) is 0 Å². The van der Waals surface area contributed by atoms with Crippen LogP contribution in [0.5, 0.6) is 5.75 Å². The number of likely N-dealkylation sites (N-methyl/N-ethyl adjacent to an activating group) is 1. The number of nitrogens with zero attached hydrogens (tertiary/aromatic N) is 1. The van der Waals surface area contributed by atoms with E-state index in [1.54, 1.807) is 0 Å². The van der Waals surface area contributed by atoms with Crippen molar-refractivity contribution in [2.45, 2.75) is 58.3 Å². The molecule has 0 aliphatic carbocycles. The number of hydrogen-bond donors (Lipinski definition) is 2. The molecule has 1 aromatic carbocycles. The number of hydrogen-bond acceptors (Lipinski definition) is 5. The van der Waals surface area contributed by atoms with Crippen LogP contribution in [0.1, 0.15) is 79.0 Å². The Labute approximate surface area is 169 Å². The molecule has 6 heteroatoms. The molecule has 0 aliphatic rings. The molecule has 0 spiro atoms. The van der Waals surface area contributed by atoms with Gasteiger partial charge in [0, 0.05) is 17.5 Å². The smallest absolute Gasteiger partial charge is 0.162 e. The minimum absolute atomic E-state index is 0.0916. The maximum atomic E-state index is 12.0. The van der Waals surface area contributed by atoms with E-state index in [4.69, 9.17) is 5.11 Å². The third-order valence-corrected chi connectivity index (χ3v) is 4.32. The molecule has 160 valence electrons. The number of phenols is 1. The Morgan fingerprint density at radius 3 is 2.04 bits per heavy atom. The Kier molecular flexibility index (Phi) is 13.2. The molecule has 0 amide bonds.